The maximum Gasteiger partial charge on any atom is 0.0946 e. The minimum absolute atomic E-state index is 0.153. The molecule has 0 saturated carbocycles. The lowest BCUT2D eigenvalue weighted by Crippen LogP contribution is -2.32. The molecular formula is C4H9NO2. The van der Waals surface area contributed by atoms with Crippen LogP contribution in [0, 0.1) is 0 Å². The highest BCUT2D eigenvalue weighted by atomic mass is 16.5. The van der Waals surface area contributed by atoms with E-state index in [0.717, 1.165) is 0 Å². The van der Waals surface area contributed by atoms with Gasteiger partial charge < -0.3 is 15.6 Å². The number of nitrogens with two attached hydrogens (primary N) is 1. The quantitative estimate of drug-likeness (QED) is 0.401. The highest BCUT2D eigenvalue weighted by Crippen LogP contribution is 2.00. The molecule has 1 fully saturated rings. The monoisotopic (exact) mass is 103 g/mol. The molecule has 1 aliphatic heterocycles. The summed E-state index contributed by atoms with van der Waals surface area (Å²) in [6, 6.07) is -0.153. The summed E-state index contributed by atoms with van der Waals surface area (Å²) < 4.78 is 4.79. The summed E-state index contributed by atoms with van der Waals surface area (Å²) in [5.41, 5.74) is 5.30. The van der Waals surface area contributed by atoms with Gasteiger partial charge in [0.2, 0.25) is 0 Å². The van der Waals surface area contributed by atoms with Gasteiger partial charge >= 0.3 is 0 Å². The first-order chi connectivity index (χ1) is 3.30. The summed E-state index contributed by atoms with van der Waals surface area (Å²) in [5.74, 6) is 0. The summed E-state index contributed by atoms with van der Waals surface area (Å²) in [6.45, 7) is 0.905. The number of hydrogen-bond donors (Lipinski definition) is 2. The average Bonchev–Trinajstić information content (AvgIpc) is 1.91. The fraction of sp³-hybridized carbons (Fsp3) is 1.00. The van der Waals surface area contributed by atoms with Gasteiger partial charge in [-0.3, -0.25) is 0 Å². The molecule has 42 valence electrons. The molecule has 0 amide bonds. The second-order valence-electron chi connectivity index (χ2n) is 1.77. The van der Waals surface area contributed by atoms with E-state index >= 15 is 0 Å². The third-order valence-corrected chi connectivity index (χ3v) is 1.09. The van der Waals surface area contributed by atoms with Crippen molar-refractivity contribution < 1.29 is 9.84 Å². The molecule has 7 heavy (non-hydrogen) atoms. The number of aliphatic hydroxyl groups is 1. The highest BCUT2D eigenvalue weighted by molar-refractivity contribution is 4.75. The Kier molecular flexibility index (Phi) is 1.27. The fourth-order valence-electron chi connectivity index (χ4n) is 0.560. The lowest BCUT2D eigenvalue weighted by atomic mass is 10.2. The number of aliphatic hydroxyl groups excluding tert-OH is 1. The van der Waals surface area contributed by atoms with Crippen molar-refractivity contribution in [3.8, 4) is 0 Å². The fourth-order valence-corrected chi connectivity index (χ4v) is 0.560. The molecule has 0 radical (unpaired) electrons. The van der Waals surface area contributed by atoms with Gasteiger partial charge in [0.25, 0.3) is 0 Å². The maximum absolute atomic E-state index is 8.75. The first-order valence-corrected chi connectivity index (χ1v) is 2.32. The molecule has 2 atom stereocenters. The summed E-state index contributed by atoms with van der Waals surface area (Å²) in [4.78, 5) is 0. The molecule has 3 heteroatoms. The van der Waals surface area contributed by atoms with Gasteiger partial charge in [-0.2, -0.15) is 0 Å². The third-order valence-electron chi connectivity index (χ3n) is 1.09. The minimum atomic E-state index is -0.431. The predicted octanol–water partition coefficient (Wildman–Crippen LogP) is -1.30. The van der Waals surface area contributed by atoms with Gasteiger partial charge in [-0.05, 0) is 0 Å². The van der Waals surface area contributed by atoms with Gasteiger partial charge in [0.1, 0.15) is 0 Å². The zero-order chi connectivity index (χ0) is 5.28. The first-order valence-electron chi connectivity index (χ1n) is 2.32. The van der Waals surface area contributed by atoms with Crippen molar-refractivity contribution in [1.82, 2.24) is 0 Å². The van der Waals surface area contributed by atoms with Crippen LogP contribution in [0.15, 0.2) is 0 Å². The van der Waals surface area contributed by atoms with Crippen LogP contribution in [0.3, 0.4) is 0 Å². The molecule has 1 heterocycles. The smallest absolute Gasteiger partial charge is 0.0946 e. The Morgan fingerprint density at radius 1 is 1.57 bits per heavy atom. The van der Waals surface area contributed by atoms with E-state index in [-0.39, 0.29) is 6.04 Å². The number of ether oxygens (including phenoxy) is 1. The van der Waals surface area contributed by atoms with Crippen LogP contribution in [0.5, 0.6) is 0 Å². The summed E-state index contributed by atoms with van der Waals surface area (Å²) in [7, 11) is 0. The van der Waals surface area contributed by atoms with Gasteiger partial charge in [-0.1, -0.05) is 0 Å². The van der Waals surface area contributed by atoms with Crippen molar-refractivity contribution in [3.63, 3.8) is 0 Å². The van der Waals surface area contributed by atoms with Gasteiger partial charge in [0, 0.05) is 0 Å². The third kappa shape index (κ3) is 0.907. The van der Waals surface area contributed by atoms with E-state index in [1.54, 1.807) is 0 Å². The molecule has 0 aromatic carbocycles. The number of hydrogen-bond acceptors (Lipinski definition) is 3. The van der Waals surface area contributed by atoms with E-state index in [2.05, 4.69) is 0 Å². The van der Waals surface area contributed by atoms with Crippen LogP contribution < -0.4 is 5.73 Å². The Hall–Kier alpha value is -0.120. The SMILES string of the molecule is N[C@H]1COC[C@H]1O. The van der Waals surface area contributed by atoms with Crippen molar-refractivity contribution in [2.75, 3.05) is 13.2 Å². The molecular weight excluding hydrogens is 94.0 g/mol. The molecule has 1 aliphatic rings. The minimum Gasteiger partial charge on any atom is -0.389 e. The molecule has 1 rings (SSSR count). The molecule has 0 unspecified atom stereocenters. The second-order valence-corrected chi connectivity index (χ2v) is 1.77. The molecule has 1 saturated heterocycles. The van der Waals surface area contributed by atoms with E-state index in [0.29, 0.717) is 13.2 Å². The van der Waals surface area contributed by atoms with Crippen LogP contribution in [0.4, 0.5) is 0 Å². The molecule has 3 N–H and O–H groups in total. The number of rotatable bonds is 0. The van der Waals surface area contributed by atoms with E-state index < -0.39 is 6.10 Å². The van der Waals surface area contributed by atoms with E-state index in [9.17, 15) is 0 Å². The predicted molar refractivity (Wildman–Crippen MR) is 24.8 cm³/mol. The van der Waals surface area contributed by atoms with Gasteiger partial charge in [0.15, 0.2) is 0 Å². The van der Waals surface area contributed by atoms with Crippen molar-refractivity contribution in [3.05, 3.63) is 0 Å². The van der Waals surface area contributed by atoms with Crippen LogP contribution in [-0.4, -0.2) is 30.5 Å². The molecule has 0 aromatic heterocycles. The molecule has 3 nitrogen and oxygen atoms in total. The van der Waals surface area contributed by atoms with Crippen molar-refractivity contribution in [2.24, 2.45) is 5.73 Å². The topological polar surface area (TPSA) is 55.5 Å². The van der Waals surface area contributed by atoms with E-state index in [4.69, 9.17) is 15.6 Å². The van der Waals surface area contributed by atoms with Gasteiger partial charge in [-0.25, -0.2) is 0 Å². The maximum atomic E-state index is 8.75. The van der Waals surface area contributed by atoms with Crippen LogP contribution in [0.25, 0.3) is 0 Å². The molecule has 0 aromatic rings. The van der Waals surface area contributed by atoms with Crippen LogP contribution in [0.1, 0.15) is 0 Å². The summed E-state index contributed by atoms with van der Waals surface area (Å²) in [6.07, 6.45) is -0.431. The van der Waals surface area contributed by atoms with Gasteiger partial charge in [-0.15, -0.1) is 0 Å². The van der Waals surface area contributed by atoms with Gasteiger partial charge in [0.05, 0.1) is 25.4 Å². The molecule has 0 aliphatic carbocycles. The molecule has 0 spiro atoms. The Morgan fingerprint density at radius 3 is 2.43 bits per heavy atom. The van der Waals surface area contributed by atoms with Crippen LogP contribution >= 0.6 is 0 Å². The van der Waals surface area contributed by atoms with Crippen molar-refractivity contribution in [2.45, 2.75) is 12.1 Å². The summed E-state index contributed by atoms with van der Waals surface area (Å²) >= 11 is 0. The standard InChI is InChI=1S/C4H9NO2/c5-3-1-7-2-4(3)6/h3-4,6H,1-2,5H2/t3-,4+/m0/s1. The average molecular weight is 103 g/mol. The molecule has 0 bridgehead atoms. The Bertz CT molecular complexity index is 58.7. The van der Waals surface area contributed by atoms with E-state index in [1.165, 1.54) is 0 Å². The first kappa shape index (κ1) is 5.03. The largest absolute Gasteiger partial charge is 0.389 e. The Balaban J connectivity index is 2.33. The van der Waals surface area contributed by atoms with E-state index in [1.807, 2.05) is 0 Å². The highest BCUT2D eigenvalue weighted by Gasteiger charge is 2.21. The van der Waals surface area contributed by atoms with Crippen molar-refractivity contribution in [1.29, 1.82) is 0 Å². The Morgan fingerprint density at radius 2 is 2.29 bits per heavy atom. The van der Waals surface area contributed by atoms with Crippen LogP contribution in [-0.2, 0) is 4.74 Å². The Labute approximate surface area is 42.1 Å². The second kappa shape index (κ2) is 1.78. The zero-order valence-electron chi connectivity index (χ0n) is 4.00. The lowest BCUT2D eigenvalue weighted by Gasteiger charge is -2.01. The van der Waals surface area contributed by atoms with Crippen LogP contribution in [0.2, 0.25) is 0 Å². The summed E-state index contributed by atoms with van der Waals surface area (Å²) in [5, 5.41) is 8.75. The normalized spacial score (nSPS) is 42.0. The lowest BCUT2D eigenvalue weighted by molar-refractivity contribution is 0.125. The van der Waals surface area contributed by atoms with Crippen molar-refractivity contribution >= 4 is 0 Å². The zero-order valence-corrected chi connectivity index (χ0v) is 4.00.